The molecular weight excluding hydrogens is 299 g/mol. The Morgan fingerprint density at radius 3 is 2.62 bits per heavy atom. The van der Waals surface area contributed by atoms with Gasteiger partial charge in [0.25, 0.3) is 15.2 Å². The van der Waals surface area contributed by atoms with E-state index in [0.717, 1.165) is 0 Å². The van der Waals surface area contributed by atoms with Crippen LogP contribution in [0.4, 0.5) is 4.39 Å². The van der Waals surface area contributed by atoms with Gasteiger partial charge in [-0.3, -0.25) is 4.57 Å². The summed E-state index contributed by atoms with van der Waals surface area (Å²) in [5.41, 5.74) is 0.393. The second kappa shape index (κ2) is 5.78. The van der Waals surface area contributed by atoms with E-state index in [1.807, 2.05) is 6.92 Å². The van der Waals surface area contributed by atoms with Gasteiger partial charge >= 0.3 is 0 Å². The maximum atomic E-state index is 13.8. The number of ether oxygens (including phenoxy) is 1. The molecule has 0 atom stereocenters. The Bertz CT molecular complexity index is 758. The summed E-state index contributed by atoms with van der Waals surface area (Å²) >= 11 is 0. The SMILES string of the molecule is CCCn1c(-c2ccc(OC)c(F)c2)nnc1S(N)(=O)=O. The van der Waals surface area contributed by atoms with Gasteiger partial charge in [0, 0.05) is 12.1 Å². The van der Waals surface area contributed by atoms with E-state index in [2.05, 4.69) is 10.2 Å². The molecule has 21 heavy (non-hydrogen) atoms. The van der Waals surface area contributed by atoms with Crippen molar-refractivity contribution in [1.29, 1.82) is 0 Å². The number of primary sulfonamides is 1. The molecule has 0 unspecified atom stereocenters. The lowest BCUT2D eigenvalue weighted by Gasteiger charge is -2.09. The number of hydrogen-bond donors (Lipinski definition) is 1. The molecule has 0 aliphatic heterocycles. The molecule has 0 fully saturated rings. The molecular formula is C12H15FN4O3S. The zero-order chi connectivity index (χ0) is 15.6. The van der Waals surface area contributed by atoms with Crippen LogP contribution in [0, 0.1) is 5.82 Å². The Labute approximate surface area is 121 Å². The molecule has 0 amide bonds. The summed E-state index contributed by atoms with van der Waals surface area (Å²) < 4.78 is 43.0. The van der Waals surface area contributed by atoms with Crippen LogP contribution in [0.1, 0.15) is 13.3 Å². The Morgan fingerprint density at radius 1 is 1.38 bits per heavy atom. The fraction of sp³-hybridized carbons (Fsp3) is 0.333. The maximum Gasteiger partial charge on any atom is 0.273 e. The van der Waals surface area contributed by atoms with Gasteiger partial charge in [0.2, 0.25) is 0 Å². The van der Waals surface area contributed by atoms with Crippen LogP contribution >= 0.6 is 0 Å². The third-order valence-corrected chi connectivity index (χ3v) is 3.64. The fourth-order valence-corrected chi connectivity index (χ4v) is 2.58. The molecule has 0 aliphatic carbocycles. The normalized spacial score (nSPS) is 11.6. The van der Waals surface area contributed by atoms with E-state index < -0.39 is 15.8 Å². The molecule has 9 heteroatoms. The van der Waals surface area contributed by atoms with Crippen LogP contribution in [0.3, 0.4) is 0 Å². The minimum Gasteiger partial charge on any atom is -0.494 e. The summed E-state index contributed by atoms with van der Waals surface area (Å²) in [6.45, 7) is 2.22. The lowest BCUT2D eigenvalue weighted by Crippen LogP contribution is -2.19. The summed E-state index contributed by atoms with van der Waals surface area (Å²) in [5.74, 6) is -0.243. The van der Waals surface area contributed by atoms with Crippen LogP contribution < -0.4 is 9.88 Å². The van der Waals surface area contributed by atoms with E-state index in [-0.39, 0.29) is 16.7 Å². The van der Waals surface area contributed by atoms with Gasteiger partial charge in [0.15, 0.2) is 17.4 Å². The van der Waals surface area contributed by atoms with Crippen LogP contribution in [0.25, 0.3) is 11.4 Å². The number of sulfonamides is 1. The predicted molar refractivity (Wildman–Crippen MR) is 73.6 cm³/mol. The highest BCUT2D eigenvalue weighted by atomic mass is 32.2. The van der Waals surface area contributed by atoms with Crippen molar-refractivity contribution >= 4 is 10.0 Å². The topological polar surface area (TPSA) is 100 Å². The number of nitrogens with zero attached hydrogens (tertiary/aromatic N) is 3. The standard InChI is InChI=1S/C12H15FN4O3S/c1-3-6-17-11(15-16-12(17)21(14,18)19)8-4-5-10(20-2)9(13)7-8/h4-5,7H,3,6H2,1-2H3,(H2,14,18,19). The molecule has 1 aromatic heterocycles. The van der Waals surface area contributed by atoms with Crippen molar-refractivity contribution < 1.29 is 17.5 Å². The van der Waals surface area contributed by atoms with Crippen molar-refractivity contribution in [1.82, 2.24) is 14.8 Å². The first kappa shape index (κ1) is 15.4. The molecule has 0 saturated carbocycles. The monoisotopic (exact) mass is 314 g/mol. The number of rotatable bonds is 5. The second-order valence-corrected chi connectivity index (χ2v) is 5.81. The number of aromatic nitrogens is 3. The molecule has 2 rings (SSSR count). The summed E-state index contributed by atoms with van der Waals surface area (Å²) in [5, 5.41) is 12.2. The van der Waals surface area contributed by atoms with Gasteiger partial charge in [-0.1, -0.05) is 6.92 Å². The average molecular weight is 314 g/mol. The minimum absolute atomic E-state index is 0.0898. The Kier molecular flexibility index (Phi) is 4.24. The molecule has 7 nitrogen and oxygen atoms in total. The number of hydrogen-bond acceptors (Lipinski definition) is 5. The fourth-order valence-electron chi connectivity index (χ4n) is 1.94. The van der Waals surface area contributed by atoms with Gasteiger partial charge < -0.3 is 4.74 Å². The van der Waals surface area contributed by atoms with Crippen molar-refractivity contribution in [3.8, 4) is 17.1 Å². The quantitative estimate of drug-likeness (QED) is 0.892. The zero-order valence-electron chi connectivity index (χ0n) is 11.6. The predicted octanol–water partition coefficient (Wildman–Crippen LogP) is 1.15. The molecule has 0 spiro atoms. The molecule has 2 N–H and O–H groups in total. The lowest BCUT2D eigenvalue weighted by atomic mass is 10.2. The second-order valence-electron chi connectivity index (χ2n) is 4.35. The highest BCUT2D eigenvalue weighted by Gasteiger charge is 2.22. The van der Waals surface area contributed by atoms with Crippen molar-refractivity contribution in [2.45, 2.75) is 25.0 Å². The average Bonchev–Trinajstić information content (AvgIpc) is 2.83. The molecule has 114 valence electrons. The van der Waals surface area contributed by atoms with Gasteiger partial charge in [-0.25, -0.2) is 17.9 Å². The number of benzene rings is 1. The Balaban J connectivity index is 2.59. The summed E-state index contributed by atoms with van der Waals surface area (Å²) in [6, 6.07) is 4.22. The van der Waals surface area contributed by atoms with Crippen LogP contribution in [0.5, 0.6) is 5.75 Å². The van der Waals surface area contributed by atoms with Gasteiger partial charge in [-0.05, 0) is 24.6 Å². The van der Waals surface area contributed by atoms with Crippen LogP contribution in [0.15, 0.2) is 23.4 Å². The summed E-state index contributed by atoms with van der Waals surface area (Å²) in [7, 11) is -2.64. The first-order valence-corrected chi connectivity index (χ1v) is 7.73. The van der Waals surface area contributed by atoms with Crippen LogP contribution in [-0.2, 0) is 16.6 Å². The minimum atomic E-state index is -3.99. The third-order valence-electron chi connectivity index (χ3n) is 2.83. The maximum absolute atomic E-state index is 13.8. The third kappa shape index (κ3) is 3.03. The van der Waals surface area contributed by atoms with E-state index in [4.69, 9.17) is 9.88 Å². The van der Waals surface area contributed by atoms with Gasteiger partial charge in [-0.15, -0.1) is 10.2 Å². The highest BCUT2D eigenvalue weighted by molar-refractivity contribution is 7.89. The number of nitrogens with two attached hydrogens (primary N) is 1. The van der Waals surface area contributed by atoms with Crippen LogP contribution in [0.2, 0.25) is 0 Å². The summed E-state index contributed by atoms with van der Waals surface area (Å²) in [4.78, 5) is 0. The van der Waals surface area contributed by atoms with Crippen molar-refractivity contribution in [2.24, 2.45) is 5.14 Å². The number of halogens is 1. The summed E-state index contributed by atoms with van der Waals surface area (Å²) in [6.07, 6.45) is 0.645. The first-order chi connectivity index (χ1) is 9.88. The Morgan fingerprint density at radius 2 is 2.10 bits per heavy atom. The number of methoxy groups -OCH3 is 1. The van der Waals surface area contributed by atoms with E-state index in [1.54, 1.807) is 6.07 Å². The van der Waals surface area contributed by atoms with Crippen molar-refractivity contribution in [3.63, 3.8) is 0 Å². The molecule has 0 radical (unpaired) electrons. The van der Waals surface area contributed by atoms with Gasteiger partial charge in [0.05, 0.1) is 7.11 Å². The van der Waals surface area contributed by atoms with E-state index in [1.165, 1.54) is 23.8 Å². The van der Waals surface area contributed by atoms with Crippen molar-refractivity contribution in [2.75, 3.05) is 7.11 Å². The molecule has 1 aromatic carbocycles. The zero-order valence-corrected chi connectivity index (χ0v) is 12.4. The molecule has 0 bridgehead atoms. The van der Waals surface area contributed by atoms with E-state index in [9.17, 15) is 12.8 Å². The molecule has 0 saturated heterocycles. The van der Waals surface area contributed by atoms with E-state index >= 15 is 0 Å². The van der Waals surface area contributed by atoms with E-state index in [0.29, 0.717) is 18.5 Å². The first-order valence-electron chi connectivity index (χ1n) is 6.18. The molecule has 0 aliphatic rings. The highest BCUT2D eigenvalue weighted by Crippen LogP contribution is 2.25. The molecule has 1 heterocycles. The van der Waals surface area contributed by atoms with Crippen LogP contribution in [-0.4, -0.2) is 30.3 Å². The van der Waals surface area contributed by atoms with Crippen molar-refractivity contribution in [3.05, 3.63) is 24.0 Å². The van der Waals surface area contributed by atoms with Gasteiger partial charge in [0.1, 0.15) is 0 Å². The van der Waals surface area contributed by atoms with Gasteiger partial charge in [-0.2, -0.15) is 0 Å². The molecule has 2 aromatic rings. The Hall–Kier alpha value is -2.00. The lowest BCUT2D eigenvalue weighted by molar-refractivity contribution is 0.386. The largest absolute Gasteiger partial charge is 0.494 e. The smallest absolute Gasteiger partial charge is 0.273 e.